The van der Waals surface area contributed by atoms with Crippen LogP contribution in [0.15, 0.2) is 71.4 Å². The molecule has 0 bridgehead atoms. The van der Waals surface area contributed by atoms with Crippen LogP contribution >= 0.6 is 0 Å². The molecule has 5 heteroatoms. The van der Waals surface area contributed by atoms with Gasteiger partial charge in [0, 0.05) is 12.2 Å². The van der Waals surface area contributed by atoms with E-state index < -0.39 is 5.97 Å². The van der Waals surface area contributed by atoms with Crippen molar-refractivity contribution in [1.29, 1.82) is 0 Å². The number of rotatable bonds is 8. The summed E-state index contributed by atoms with van der Waals surface area (Å²) < 4.78 is 11.1. The van der Waals surface area contributed by atoms with Crippen molar-refractivity contribution in [3.8, 4) is 5.75 Å². The standard InChI is InChI=1S/C26H29NO4/c1-5-30-26(29)24-19(4)27(16-18(2)3)25(28)23(24)15-20-11-13-22(14-12-20)31-17-21-9-7-6-8-10-21/h6-15,18H,5,16-17H2,1-4H3/b23-15-. The van der Waals surface area contributed by atoms with Gasteiger partial charge in [0.05, 0.1) is 17.8 Å². The molecule has 0 unspecified atom stereocenters. The average molecular weight is 420 g/mol. The van der Waals surface area contributed by atoms with Crippen LogP contribution < -0.4 is 4.74 Å². The molecule has 1 amide bonds. The molecule has 0 saturated carbocycles. The maximum Gasteiger partial charge on any atom is 0.340 e. The van der Waals surface area contributed by atoms with Gasteiger partial charge >= 0.3 is 5.97 Å². The lowest BCUT2D eigenvalue weighted by atomic mass is 10.0. The van der Waals surface area contributed by atoms with E-state index >= 15 is 0 Å². The Morgan fingerprint density at radius 3 is 2.35 bits per heavy atom. The molecule has 0 fully saturated rings. The lowest BCUT2D eigenvalue weighted by Crippen LogP contribution is -2.28. The van der Waals surface area contributed by atoms with Gasteiger partial charge in [0.25, 0.3) is 5.91 Å². The summed E-state index contributed by atoms with van der Waals surface area (Å²) in [5.74, 6) is 0.387. The lowest BCUT2D eigenvalue weighted by Gasteiger charge is -2.19. The van der Waals surface area contributed by atoms with Crippen LogP contribution in [0.4, 0.5) is 0 Å². The molecule has 0 radical (unpaired) electrons. The molecule has 0 saturated heterocycles. The van der Waals surface area contributed by atoms with Gasteiger partial charge in [-0.15, -0.1) is 0 Å². The fourth-order valence-electron chi connectivity index (χ4n) is 3.48. The van der Waals surface area contributed by atoms with Gasteiger partial charge < -0.3 is 14.4 Å². The van der Waals surface area contributed by atoms with Gasteiger partial charge in [0.2, 0.25) is 0 Å². The molecule has 162 valence electrons. The molecule has 0 aromatic heterocycles. The van der Waals surface area contributed by atoms with Crippen LogP contribution in [-0.2, 0) is 20.9 Å². The Morgan fingerprint density at radius 1 is 1.06 bits per heavy atom. The van der Waals surface area contributed by atoms with Crippen molar-refractivity contribution < 1.29 is 19.1 Å². The molecule has 0 N–H and O–H groups in total. The number of carbonyl (C=O) groups excluding carboxylic acids is 2. The van der Waals surface area contributed by atoms with Crippen LogP contribution in [0.3, 0.4) is 0 Å². The van der Waals surface area contributed by atoms with Crippen LogP contribution in [0.1, 0.15) is 38.8 Å². The maximum absolute atomic E-state index is 13.1. The van der Waals surface area contributed by atoms with E-state index in [9.17, 15) is 9.59 Å². The van der Waals surface area contributed by atoms with Crippen LogP contribution in [0, 0.1) is 5.92 Å². The smallest absolute Gasteiger partial charge is 0.340 e. The Bertz CT molecular complexity index is 988. The number of allylic oxidation sites excluding steroid dienone is 1. The fraction of sp³-hybridized carbons (Fsp3) is 0.308. The normalized spacial score (nSPS) is 15.2. The van der Waals surface area contributed by atoms with Crippen molar-refractivity contribution in [2.45, 2.75) is 34.3 Å². The first-order chi connectivity index (χ1) is 14.9. The summed E-state index contributed by atoms with van der Waals surface area (Å²) in [5.41, 5.74) is 3.27. The van der Waals surface area contributed by atoms with E-state index in [-0.39, 0.29) is 18.4 Å². The third kappa shape index (κ3) is 5.43. The number of amides is 1. The molecule has 1 aliphatic heterocycles. The SMILES string of the molecule is CCOC(=O)C1=C(C)N(CC(C)C)C(=O)/C1=C\c1ccc(OCc2ccccc2)cc1. The summed E-state index contributed by atoms with van der Waals surface area (Å²) in [6, 6.07) is 17.4. The van der Waals surface area contributed by atoms with Gasteiger partial charge in [0.1, 0.15) is 12.4 Å². The number of nitrogens with zero attached hydrogens (tertiary/aromatic N) is 1. The molecule has 0 spiro atoms. The number of esters is 1. The number of ether oxygens (including phenoxy) is 2. The van der Waals surface area contributed by atoms with Crippen LogP contribution in [-0.4, -0.2) is 29.9 Å². The minimum atomic E-state index is -0.464. The zero-order valence-electron chi connectivity index (χ0n) is 18.6. The van der Waals surface area contributed by atoms with E-state index in [4.69, 9.17) is 9.47 Å². The van der Waals surface area contributed by atoms with Crippen LogP contribution in [0.2, 0.25) is 0 Å². The van der Waals surface area contributed by atoms with Crippen LogP contribution in [0.5, 0.6) is 5.75 Å². The third-order valence-electron chi connectivity index (χ3n) is 4.98. The molecule has 0 atom stereocenters. The Balaban J connectivity index is 1.82. The van der Waals surface area contributed by atoms with Crippen molar-refractivity contribution in [3.05, 3.63) is 82.6 Å². The lowest BCUT2D eigenvalue weighted by molar-refractivity contribution is -0.138. The fourth-order valence-corrected chi connectivity index (χ4v) is 3.48. The Morgan fingerprint density at radius 2 is 1.74 bits per heavy atom. The highest BCUT2D eigenvalue weighted by molar-refractivity contribution is 6.16. The average Bonchev–Trinajstić information content (AvgIpc) is 2.98. The summed E-state index contributed by atoms with van der Waals surface area (Å²) in [4.78, 5) is 27.3. The summed E-state index contributed by atoms with van der Waals surface area (Å²) in [7, 11) is 0. The van der Waals surface area contributed by atoms with E-state index in [0.29, 0.717) is 30.0 Å². The highest BCUT2D eigenvalue weighted by Crippen LogP contribution is 2.32. The van der Waals surface area contributed by atoms with E-state index in [1.54, 1.807) is 24.8 Å². The third-order valence-corrected chi connectivity index (χ3v) is 4.98. The first kappa shape index (κ1) is 22.3. The second-order valence-corrected chi connectivity index (χ2v) is 7.89. The Labute approximate surface area is 184 Å². The minimum Gasteiger partial charge on any atom is -0.489 e. The summed E-state index contributed by atoms with van der Waals surface area (Å²) in [6.45, 7) is 8.94. The van der Waals surface area contributed by atoms with E-state index in [2.05, 4.69) is 0 Å². The van der Waals surface area contributed by atoms with Gasteiger partial charge in [-0.1, -0.05) is 56.3 Å². The van der Waals surface area contributed by atoms with Gasteiger partial charge in [-0.25, -0.2) is 4.79 Å². The first-order valence-corrected chi connectivity index (χ1v) is 10.6. The van der Waals surface area contributed by atoms with Crippen molar-refractivity contribution in [1.82, 2.24) is 4.90 Å². The quantitative estimate of drug-likeness (QED) is 0.447. The second-order valence-electron chi connectivity index (χ2n) is 7.89. The highest BCUT2D eigenvalue weighted by Gasteiger charge is 2.37. The van der Waals surface area contributed by atoms with E-state index in [1.807, 2.05) is 68.4 Å². The molecule has 0 aliphatic carbocycles. The monoisotopic (exact) mass is 419 g/mol. The van der Waals surface area contributed by atoms with Crippen molar-refractivity contribution >= 4 is 18.0 Å². The molecule has 1 aliphatic rings. The second kappa shape index (κ2) is 10.1. The largest absolute Gasteiger partial charge is 0.489 e. The molecule has 1 heterocycles. The predicted octanol–water partition coefficient (Wildman–Crippen LogP) is 4.98. The van der Waals surface area contributed by atoms with Crippen LogP contribution in [0.25, 0.3) is 6.08 Å². The summed E-state index contributed by atoms with van der Waals surface area (Å²) in [6.07, 6.45) is 1.75. The zero-order valence-corrected chi connectivity index (χ0v) is 18.6. The minimum absolute atomic E-state index is 0.168. The van der Waals surface area contributed by atoms with Crippen molar-refractivity contribution in [3.63, 3.8) is 0 Å². The van der Waals surface area contributed by atoms with Crippen molar-refractivity contribution in [2.75, 3.05) is 13.2 Å². The summed E-state index contributed by atoms with van der Waals surface area (Å²) >= 11 is 0. The molecule has 31 heavy (non-hydrogen) atoms. The topological polar surface area (TPSA) is 55.8 Å². The van der Waals surface area contributed by atoms with E-state index in [0.717, 1.165) is 16.9 Å². The Kier molecular flexibility index (Phi) is 7.29. The highest BCUT2D eigenvalue weighted by atomic mass is 16.5. The van der Waals surface area contributed by atoms with Crippen molar-refractivity contribution in [2.24, 2.45) is 5.92 Å². The molecular formula is C26H29NO4. The molecular weight excluding hydrogens is 390 g/mol. The van der Waals surface area contributed by atoms with Gasteiger partial charge in [-0.3, -0.25) is 4.79 Å². The molecule has 3 rings (SSSR count). The molecule has 2 aromatic rings. The van der Waals surface area contributed by atoms with Gasteiger partial charge in [-0.2, -0.15) is 0 Å². The Hall–Kier alpha value is -3.34. The van der Waals surface area contributed by atoms with Gasteiger partial charge in [0.15, 0.2) is 0 Å². The number of hydrogen-bond donors (Lipinski definition) is 0. The first-order valence-electron chi connectivity index (χ1n) is 10.6. The summed E-state index contributed by atoms with van der Waals surface area (Å²) in [5, 5.41) is 0. The number of carbonyl (C=O) groups is 2. The number of benzene rings is 2. The number of hydrogen-bond acceptors (Lipinski definition) is 4. The van der Waals surface area contributed by atoms with Gasteiger partial charge in [-0.05, 0) is 49.1 Å². The zero-order chi connectivity index (χ0) is 22.4. The maximum atomic E-state index is 13.1. The molecule has 5 nitrogen and oxygen atoms in total. The predicted molar refractivity (Wildman–Crippen MR) is 121 cm³/mol. The molecule has 2 aromatic carbocycles. The van der Waals surface area contributed by atoms with E-state index in [1.165, 1.54) is 0 Å².